The van der Waals surface area contributed by atoms with E-state index in [2.05, 4.69) is 12.2 Å². The summed E-state index contributed by atoms with van der Waals surface area (Å²) in [6.45, 7) is 4.46. The van der Waals surface area contributed by atoms with E-state index in [0.717, 1.165) is 49.2 Å². The Morgan fingerprint density at radius 1 is 1.07 bits per heavy atom. The highest BCUT2D eigenvalue weighted by molar-refractivity contribution is 5.87. The molecule has 4 heteroatoms. The molecule has 0 spiro atoms. The van der Waals surface area contributed by atoms with Crippen LogP contribution in [0.3, 0.4) is 0 Å². The normalized spacial score (nSPS) is 16.2. The molecule has 2 aromatic rings. The maximum atomic E-state index is 12.5. The van der Waals surface area contributed by atoms with E-state index in [1.807, 2.05) is 54.6 Å². The Bertz CT molecular complexity index is 747. The molecule has 0 atom stereocenters. The van der Waals surface area contributed by atoms with Crippen molar-refractivity contribution >= 4 is 12.0 Å². The van der Waals surface area contributed by atoms with Gasteiger partial charge < -0.3 is 14.8 Å². The van der Waals surface area contributed by atoms with E-state index < -0.39 is 5.60 Å². The average molecular weight is 365 g/mol. The summed E-state index contributed by atoms with van der Waals surface area (Å²) in [5.74, 6) is 0.529. The number of esters is 1. The van der Waals surface area contributed by atoms with E-state index in [1.54, 1.807) is 6.08 Å². The van der Waals surface area contributed by atoms with Crippen LogP contribution in [0.5, 0.6) is 5.75 Å². The van der Waals surface area contributed by atoms with Crippen LogP contribution in [0.4, 0.5) is 0 Å². The molecule has 142 valence electrons. The van der Waals surface area contributed by atoms with Gasteiger partial charge in [0.1, 0.15) is 11.4 Å². The smallest absolute Gasteiger partial charge is 0.331 e. The van der Waals surface area contributed by atoms with Crippen molar-refractivity contribution in [3.8, 4) is 5.75 Å². The number of carbonyl (C=O) groups is 1. The minimum Gasteiger partial charge on any atom is -0.494 e. The van der Waals surface area contributed by atoms with Crippen molar-refractivity contribution in [3.05, 3.63) is 71.8 Å². The van der Waals surface area contributed by atoms with Crippen LogP contribution in [0, 0.1) is 0 Å². The summed E-state index contributed by atoms with van der Waals surface area (Å²) in [5, 5.41) is 3.34. The van der Waals surface area contributed by atoms with E-state index in [-0.39, 0.29) is 5.97 Å². The second kappa shape index (κ2) is 9.38. The number of piperidine rings is 1. The molecule has 0 aliphatic carbocycles. The highest BCUT2D eigenvalue weighted by Crippen LogP contribution is 2.35. The second-order valence-corrected chi connectivity index (χ2v) is 6.78. The van der Waals surface area contributed by atoms with Crippen LogP contribution in [-0.2, 0) is 15.1 Å². The van der Waals surface area contributed by atoms with Crippen LogP contribution >= 0.6 is 0 Å². The molecule has 1 aliphatic rings. The molecule has 3 rings (SSSR count). The molecule has 1 heterocycles. The molecule has 0 aromatic heterocycles. The van der Waals surface area contributed by atoms with Gasteiger partial charge in [0, 0.05) is 18.9 Å². The van der Waals surface area contributed by atoms with Crippen molar-refractivity contribution < 1.29 is 14.3 Å². The van der Waals surface area contributed by atoms with Gasteiger partial charge in [-0.2, -0.15) is 0 Å². The summed E-state index contributed by atoms with van der Waals surface area (Å²) in [5.41, 5.74) is 1.45. The fourth-order valence-corrected chi connectivity index (χ4v) is 3.31. The largest absolute Gasteiger partial charge is 0.494 e. The summed E-state index contributed by atoms with van der Waals surface area (Å²) in [6, 6.07) is 17.7. The number of nitrogens with one attached hydrogen (secondary N) is 1. The molecule has 1 saturated heterocycles. The summed E-state index contributed by atoms with van der Waals surface area (Å²) >= 11 is 0. The minimum atomic E-state index is -0.550. The van der Waals surface area contributed by atoms with Crippen molar-refractivity contribution in [2.45, 2.75) is 31.8 Å². The standard InChI is InChI=1S/C23H27NO3/c1-2-18-26-21-11-8-19(9-12-21)10-13-22(25)27-23(14-16-24-17-15-23)20-6-4-3-5-7-20/h3-13,24H,2,14-18H2,1H3/b13-10+. The minimum absolute atomic E-state index is 0.313. The first-order valence-electron chi connectivity index (χ1n) is 9.62. The van der Waals surface area contributed by atoms with Gasteiger partial charge in [0.05, 0.1) is 6.61 Å². The van der Waals surface area contributed by atoms with Crippen molar-refractivity contribution in [2.24, 2.45) is 0 Å². The lowest BCUT2D eigenvalue weighted by molar-refractivity contribution is -0.157. The monoisotopic (exact) mass is 365 g/mol. The number of rotatable bonds is 7. The fraction of sp³-hybridized carbons (Fsp3) is 0.348. The van der Waals surface area contributed by atoms with E-state index >= 15 is 0 Å². The van der Waals surface area contributed by atoms with Gasteiger partial charge in [-0.15, -0.1) is 0 Å². The zero-order chi connectivity index (χ0) is 19.0. The van der Waals surface area contributed by atoms with Crippen LogP contribution in [0.15, 0.2) is 60.7 Å². The van der Waals surface area contributed by atoms with Crippen LogP contribution in [0.1, 0.15) is 37.3 Å². The van der Waals surface area contributed by atoms with Crippen molar-refractivity contribution in [1.29, 1.82) is 0 Å². The third-order valence-electron chi connectivity index (χ3n) is 4.77. The van der Waals surface area contributed by atoms with E-state index in [4.69, 9.17) is 9.47 Å². The van der Waals surface area contributed by atoms with Crippen LogP contribution < -0.4 is 10.1 Å². The quantitative estimate of drug-likeness (QED) is 0.587. The third kappa shape index (κ3) is 5.20. The summed E-state index contributed by atoms with van der Waals surface area (Å²) in [6.07, 6.45) is 5.83. The van der Waals surface area contributed by atoms with Gasteiger partial charge >= 0.3 is 5.97 Å². The lowest BCUT2D eigenvalue weighted by atomic mass is 9.85. The Labute approximate surface area is 161 Å². The summed E-state index contributed by atoms with van der Waals surface area (Å²) < 4.78 is 11.5. The predicted molar refractivity (Wildman–Crippen MR) is 108 cm³/mol. The first-order valence-corrected chi connectivity index (χ1v) is 9.62. The maximum absolute atomic E-state index is 12.5. The lowest BCUT2D eigenvalue weighted by Gasteiger charge is -2.37. The van der Waals surface area contributed by atoms with Gasteiger partial charge in [0.2, 0.25) is 0 Å². The summed E-state index contributed by atoms with van der Waals surface area (Å²) in [7, 11) is 0. The van der Waals surface area contributed by atoms with Crippen LogP contribution in [0.2, 0.25) is 0 Å². The molecule has 1 fully saturated rings. The Morgan fingerprint density at radius 3 is 2.44 bits per heavy atom. The second-order valence-electron chi connectivity index (χ2n) is 6.78. The molecule has 1 N–H and O–H groups in total. The topological polar surface area (TPSA) is 47.6 Å². The molecule has 2 aromatic carbocycles. The Balaban J connectivity index is 1.66. The fourth-order valence-electron chi connectivity index (χ4n) is 3.31. The molecule has 0 amide bonds. The van der Waals surface area contributed by atoms with Crippen LogP contribution in [0.25, 0.3) is 6.08 Å². The Hall–Kier alpha value is -2.59. The number of ether oxygens (including phenoxy) is 2. The number of benzene rings is 2. The van der Waals surface area contributed by atoms with Gasteiger partial charge in [-0.3, -0.25) is 0 Å². The van der Waals surface area contributed by atoms with Gasteiger partial charge in [0.15, 0.2) is 0 Å². The molecular formula is C23H27NO3. The van der Waals surface area contributed by atoms with E-state index in [0.29, 0.717) is 6.61 Å². The van der Waals surface area contributed by atoms with Crippen molar-refractivity contribution in [2.75, 3.05) is 19.7 Å². The number of hydrogen-bond donors (Lipinski definition) is 1. The number of hydrogen-bond acceptors (Lipinski definition) is 4. The first kappa shape index (κ1) is 19.2. The lowest BCUT2D eigenvalue weighted by Crippen LogP contribution is -2.42. The van der Waals surface area contributed by atoms with Crippen LogP contribution in [-0.4, -0.2) is 25.7 Å². The molecule has 0 bridgehead atoms. The zero-order valence-corrected chi connectivity index (χ0v) is 15.8. The molecule has 0 saturated carbocycles. The predicted octanol–water partition coefficient (Wildman–Crippen LogP) is 4.31. The van der Waals surface area contributed by atoms with Crippen molar-refractivity contribution in [1.82, 2.24) is 5.32 Å². The first-order chi connectivity index (χ1) is 13.2. The number of carbonyl (C=O) groups excluding carboxylic acids is 1. The molecule has 1 aliphatic heterocycles. The van der Waals surface area contributed by atoms with Gasteiger partial charge in [0.25, 0.3) is 0 Å². The highest BCUT2D eigenvalue weighted by atomic mass is 16.6. The highest BCUT2D eigenvalue weighted by Gasteiger charge is 2.37. The molecule has 0 unspecified atom stereocenters. The summed E-state index contributed by atoms with van der Waals surface area (Å²) in [4.78, 5) is 12.5. The van der Waals surface area contributed by atoms with Crippen molar-refractivity contribution in [3.63, 3.8) is 0 Å². The Kier molecular flexibility index (Phi) is 6.66. The zero-order valence-electron chi connectivity index (χ0n) is 15.8. The van der Waals surface area contributed by atoms with Gasteiger partial charge in [-0.05, 0) is 48.8 Å². The molecule has 0 radical (unpaired) electrons. The SMILES string of the molecule is CCCOc1ccc(/C=C/C(=O)OC2(c3ccccc3)CCNCC2)cc1. The van der Waals surface area contributed by atoms with E-state index in [1.165, 1.54) is 6.08 Å². The molecular weight excluding hydrogens is 338 g/mol. The maximum Gasteiger partial charge on any atom is 0.331 e. The third-order valence-corrected chi connectivity index (χ3v) is 4.77. The Morgan fingerprint density at radius 2 is 1.78 bits per heavy atom. The van der Waals surface area contributed by atoms with E-state index in [9.17, 15) is 4.79 Å². The average Bonchev–Trinajstić information content (AvgIpc) is 2.73. The van der Waals surface area contributed by atoms with Gasteiger partial charge in [-0.1, -0.05) is 49.4 Å². The van der Waals surface area contributed by atoms with Gasteiger partial charge in [-0.25, -0.2) is 4.79 Å². The molecule has 4 nitrogen and oxygen atoms in total. The molecule has 27 heavy (non-hydrogen) atoms.